The number of nitrogens with two attached hydrogens (primary N) is 1. The minimum atomic E-state index is -0.443. The lowest BCUT2D eigenvalue weighted by atomic mass is 9.99. The van der Waals surface area contributed by atoms with E-state index in [1.807, 2.05) is 60.2 Å². The van der Waals surface area contributed by atoms with Gasteiger partial charge in [-0.1, -0.05) is 42.0 Å². The minimum Gasteiger partial charge on any atom is -0.383 e. The van der Waals surface area contributed by atoms with Gasteiger partial charge in [-0.15, -0.1) is 0 Å². The first-order chi connectivity index (χ1) is 18.4. The first kappa shape index (κ1) is 25.9. The van der Waals surface area contributed by atoms with Gasteiger partial charge in [0, 0.05) is 59.6 Å². The number of amides is 1. The number of halogens is 1. The molecule has 3 N–H and O–H groups in total. The van der Waals surface area contributed by atoms with Gasteiger partial charge in [-0.3, -0.25) is 9.59 Å². The lowest BCUT2D eigenvalue weighted by molar-refractivity contribution is 0.0612. The number of nitrogen functional groups attached to an aromatic ring is 1. The summed E-state index contributed by atoms with van der Waals surface area (Å²) >= 11 is 3.42. The van der Waals surface area contributed by atoms with Gasteiger partial charge in [0.1, 0.15) is 11.4 Å². The number of pyridine rings is 2. The summed E-state index contributed by atoms with van der Waals surface area (Å²) in [5.41, 5.74) is 10.5. The summed E-state index contributed by atoms with van der Waals surface area (Å²) in [6.45, 7) is 4.20. The molecule has 0 unspecified atom stereocenters. The second kappa shape index (κ2) is 11.3. The number of carbonyl (C=O) groups is 1. The molecule has 0 saturated carbocycles. The third-order valence-electron chi connectivity index (χ3n) is 6.84. The van der Waals surface area contributed by atoms with E-state index in [4.69, 9.17) is 10.5 Å². The van der Waals surface area contributed by atoms with Crippen LogP contribution in [-0.2, 0) is 11.3 Å². The summed E-state index contributed by atoms with van der Waals surface area (Å²) in [5.74, 6) is 0.407. The highest BCUT2D eigenvalue weighted by Crippen LogP contribution is 2.28. The van der Waals surface area contributed by atoms with Crippen LogP contribution in [0, 0.1) is 12.8 Å². The molecule has 38 heavy (non-hydrogen) atoms. The van der Waals surface area contributed by atoms with E-state index in [9.17, 15) is 9.59 Å². The number of nitrogens with zero attached hydrogens (tertiary/aromatic N) is 2. The largest absolute Gasteiger partial charge is 0.383 e. The molecule has 2 aromatic carbocycles. The fraction of sp³-hybridized carbons (Fsp3) is 0.233. The molecule has 2 aromatic heterocycles. The Bertz CT molecular complexity index is 1510. The average Bonchev–Trinajstić information content (AvgIpc) is 2.92. The number of rotatable bonds is 6. The van der Waals surface area contributed by atoms with Crippen LogP contribution in [0.25, 0.3) is 22.3 Å². The van der Waals surface area contributed by atoms with Crippen molar-refractivity contribution in [2.75, 3.05) is 24.3 Å². The molecule has 194 valence electrons. The standard InChI is InChI=1S/C30H29BrN4O3/c1-19-2-4-22(5-3-19)26-17-35(16-20-10-12-38-13-11-20)18-27(28(26)36)30(37)34-24-8-6-21(7-9-24)25-14-23(31)15-33-29(25)32/h2-9,14-15,17-18,20H,10-13,16H2,1H3,(H2,32,33)(H,34,37). The molecule has 8 heteroatoms. The van der Waals surface area contributed by atoms with E-state index in [-0.39, 0.29) is 11.0 Å². The van der Waals surface area contributed by atoms with Gasteiger partial charge in [0.15, 0.2) is 0 Å². The summed E-state index contributed by atoms with van der Waals surface area (Å²) in [4.78, 5) is 31.1. The second-order valence-electron chi connectivity index (χ2n) is 9.65. The fourth-order valence-corrected chi connectivity index (χ4v) is 5.01. The minimum absolute atomic E-state index is 0.111. The van der Waals surface area contributed by atoms with E-state index >= 15 is 0 Å². The Balaban J connectivity index is 1.44. The molecule has 1 saturated heterocycles. The van der Waals surface area contributed by atoms with Gasteiger partial charge in [-0.05, 0) is 70.9 Å². The van der Waals surface area contributed by atoms with E-state index in [0.717, 1.165) is 59.3 Å². The van der Waals surface area contributed by atoms with Crippen molar-refractivity contribution in [2.45, 2.75) is 26.3 Å². The van der Waals surface area contributed by atoms with E-state index in [0.29, 0.717) is 23.0 Å². The van der Waals surface area contributed by atoms with Crippen LogP contribution < -0.4 is 16.5 Å². The van der Waals surface area contributed by atoms with Crippen LogP contribution in [0.5, 0.6) is 0 Å². The van der Waals surface area contributed by atoms with Gasteiger partial charge in [-0.25, -0.2) is 4.98 Å². The Kier molecular flexibility index (Phi) is 7.72. The van der Waals surface area contributed by atoms with Crippen LogP contribution in [0.4, 0.5) is 11.5 Å². The number of hydrogen-bond donors (Lipinski definition) is 2. The van der Waals surface area contributed by atoms with Crippen molar-refractivity contribution in [3.05, 3.63) is 99.0 Å². The predicted octanol–water partition coefficient (Wildman–Crippen LogP) is 5.91. The molecule has 1 amide bonds. The molecule has 4 aromatic rings. The Labute approximate surface area is 229 Å². The van der Waals surface area contributed by atoms with Gasteiger partial charge in [0.25, 0.3) is 5.91 Å². The molecule has 0 bridgehead atoms. The van der Waals surface area contributed by atoms with Crippen LogP contribution in [0.2, 0.25) is 0 Å². The maximum atomic E-state index is 13.5. The van der Waals surface area contributed by atoms with Gasteiger partial charge in [0.2, 0.25) is 5.43 Å². The highest BCUT2D eigenvalue weighted by Gasteiger charge is 2.19. The molecule has 0 radical (unpaired) electrons. The Morgan fingerprint density at radius 3 is 2.42 bits per heavy atom. The smallest absolute Gasteiger partial charge is 0.261 e. The molecule has 1 aliphatic rings. The summed E-state index contributed by atoms with van der Waals surface area (Å²) in [6.07, 6.45) is 7.10. The van der Waals surface area contributed by atoms with Gasteiger partial charge in [-0.2, -0.15) is 0 Å². The number of anilines is 2. The normalized spacial score (nSPS) is 13.8. The summed E-state index contributed by atoms with van der Waals surface area (Å²) < 4.78 is 8.31. The number of carbonyl (C=O) groups excluding carboxylic acids is 1. The molecule has 0 spiro atoms. The van der Waals surface area contributed by atoms with Gasteiger partial charge >= 0.3 is 0 Å². The number of aryl methyl sites for hydroxylation is 1. The molecular weight excluding hydrogens is 544 g/mol. The van der Waals surface area contributed by atoms with Crippen molar-refractivity contribution in [3.63, 3.8) is 0 Å². The molecule has 5 rings (SSSR count). The SMILES string of the molecule is Cc1ccc(-c2cn(CC3CCOCC3)cc(C(=O)Nc3ccc(-c4cc(Br)cnc4N)cc3)c2=O)cc1. The number of aromatic nitrogens is 2. The van der Waals surface area contributed by atoms with Crippen LogP contribution in [0.15, 0.2) is 82.5 Å². The number of hydrogen-bond acceptors (Lipinski definition) is 5. The molecule has 0 atom stereocenters. The van der Waals surface area contributed by atoms with Gasteiger partial charge < -0.3 is 20.4 Å². The molecule has 1 aliphatic heterocycles. The zero-order valence-corrected chi connectivity index (χ0v) is 22.7. The maximum absolute atomic E-state index is 13.5. The van der Waals surface area contributed by atoms with Crippen molar-refractivity contribution in [2.24, 2.45) is 5.92 Å². The average molecular weight is 573 g/mol. The van der Waals surface area contributed by atoms with E-state index in [1.165, 1.54) is 0 Å². The number of nitrogens with one attached hydrogen (secondary N) is 1. The van der Waals surface area contributed by atoms with E-state index in [2.05, 4.69) is 26.2 Å². The van der Waals surface area contributed by atoms with E-state index in [1.54, 1.807) is 24.5 Å². The zero-order chi connectivity index (χ0) is 26.6. The fourth-order valence-electron chi connectivity index (χ4n) is 4.68. The van der Waals surface area contributed by atoms with Crippen LogP contribution >= 0.6 is 15.9 Å². The summed E-state index contributed by atoms with van der Waals surface area (Å²) in [6, 6.07) is 17.0. The van der Waals surface area contributed by atoms with Crippen molar-refractivity contribution < 1.29 is 9.53 Å². The quantitative estimate of drug-likeness (QED) is 0.299. The monoisotopic (exact) mass is 572 g/mol. The molecule has 7 nitrogen and oxygen atoms in total. The molecule has 0 aliphatic carbocycles. The first-order valence-electron chi connectivity index (χ1n) is 12.6. The van der Waals surface area contributed by atoms with Crippen LogP contribution in [0.1, 0.15) is 28.8 Å². The summed E-state index contributed by atoms with van der Waals surface area (Å²) in [7, 11) is 0. The molecule has 1 fully saturated rings. The number of benzene rings is 2. The first-order valence-corrected chi connectivity index (χ1v) is 13.4. The van der Waals surface area contributed by atoms with Crippen LogP contribution in [-0.4, -0.2) is 28.7 Å². The maximum Gasteiger partial charge on any atom is 0.261 e. The Hall–Kier alpha value is -3.75. The summed E-state index contributed by atoms with van der Waals surface area (Å²) in [5, 5.41) is 2.89. The second-order valence-corrected chi connectivity index (χ2v) is 10.6. The van der Waals surface area contributed by atoms with Crippen molar-refractivity contribution in [1.29, 1.82) is 0 Å². The lowest BCUT2D eigenvalue weighted by Gasteiger charge is -2.23. The highest BCUT2D eigenvalue weighted by atomic mass is 79.9. The van der Waals surface area contributed by atoms with E-state index < -0.39 is 5.91 Å². The third-order valence-corrected chi connectivity index (χ3v) is 7.27. The van der Waals surface area contributed by atoms with Crippen molar-refractivity contribution in [3.8, 4) is 22.3 Å². The number of ether oxygens (including phenoxy) is 1. The Morgan fingerprint density at radius 2 is 1.71 bits per heavy atom. The third kappa shape index (κ3) is 5.87. The molecular formula is C30H29BrN4O3. The van der Waals surface area contributed by atoms with Crippen molar-refractivity contribution in [1.82, 2.24) is 9.55 Å². The highest BCUT2D eigenvalue weighted by molar-refractivity contribution is 9.10. The van der Waals surface area contributed by atoms with Crippen molar-refractivity contribution >= 4 is 33.3 Å². The predicted molar refractivity (Wildman–Crippen MR) is 154 cm³/mol. The lowest BCUT2D eigenvalue weighted by Crippen LogP contribution is -2.26. The topological polar surface area (TPSA) is 99.2 Å². The zero-order valence-electron chi connectivity index (χ0n) is 21.1. The van der Waals surface area contributed by atoms with Gasteiger partial charge in [0.05, 0.1) is 0 Å². The molecule has 3 heterocycles. The Morgan fingerprint density at radius 1 is 1.05 bits per heavy atom. The van der Waals surface area contributed by atoms with Crippen LogP contribution in [0.3, 0.4) is 0 Å².